The molecule has 0 aliphatic carbocycles. The van der Waals surface area contributed by atoms with Gasteiger partial charge in [0.1, 0.15) is 11.9 Å². The first-order valence-electron chi connectivity index (χ1n) is 7.63. The van der Waals surface area contributed by atoms with Crippen LogP contribution in [-0.4, -0.2) is 26.9 Å². The molecule has 0 bridgehead atoms. The van der Waals surface area contributed by atoms with Crippen LogP contribution in [0.3, 0.4) is 0 Å². The Morgan fingerprint density at radius 2 is 1.88 bits per heavy atom. The van der Waals surface area contributed by atoms with Gasteiger partial charge in [0, 0.05) is 17.3 Å². The van der Waals surface area contributed by atoms with Crippen LogP contribution in [0.2, 0.25) is 5.02 Å². The fourth-order valence-electron chi connectivity index (χ4n) is 2.71. The molecular weight excluding hydrogens is 367 g/mol. The highest BCUT2D eigenvalue weighted by atomic mass is 35.5. The lowest BCUT2D eigenvalue weighted by molar-refractivity contribution is -0.118. The van der Waals surface area contributed by atoms with E-state index in [1.807, 2.05) is 0 Å². The number of rotatable bonds is 4. The van der Waals surface area contributed by atoms with E-state index >= 15 is 0 Å². The lowest BCUT2D eigenvalue weighted by Crippen LogP contribution is -2.41. The first-order valence-corrected chi connectivity index (χ1v) is 9.49. The molecule has 132 valence electrons. The van der Waals surface area contributed by atoms with Crippen molar-refractivity contribution >= 4 is 33.2 Å². The topological polar surface area (TPSA) is 66.5 Å². The van der Waals surface area contributed by atoms with Gasteiger partial charge >= 0.3 is 0 Å². The highest BCUT2D eigenvalue weighted by Crippen LogP contribution is 2.25. The van der Waals surface area contributed by atoms with Crippen molar-refractivity contribution < 1.29 is 17.6 Å². The number of halogens is 2. The van der Waals surface area contributed by atoms with Gasteiger partial charge in [-0.15, -0.1) is 0 Å². The molecule has 1 fully saturated rings. The third kappa shape index (κ3) is 3.68. The molecule has 1 amide bonds. The van der Waals surface area contributed by atoms with Crippen LogP contribution in [0.15, 0.2) is 47.4 Å². The van der Waals surface area contributed by atoms with Crippen LogP contribution in [0.1, 0.15) is 12.0 Å². The van der Waals surface area contributed by atoms with Gasteiger partial charge in [0.2, 0.25) is 15.9 Å². The maximum absolute atomic E-state index is 13.4. The molecule has 0 spiro atoms. The molecule has 3 rings (SSSR count). The normalized spacial score (nSPS) is 18.0. The maximum atomic E-state index is 13.4. The highest BCUT2D eigenvalue weighted by molar-refractivity contribution is 7.89. The molecule has 0 saturated carbocycles. The van der Waals surface area contributed by atoms with E-state index in [0.717, 1.165) is 0 Å². The van der Waals surface area contributed by atoms with Gasteiger partial charge in [0.15, 0.2) is 0 Å². The summed E-state index contributed by atoms with van der Waals surface area (Å²) in [6.07, 6.45) is 0.335. The smallest absolute Gasteiger partial charge is 0.245 e. The number of aryl methyl sites for hydroxylation is 1. The minimum atomic E-state index is -3.83. The number of carbonyl (C=O) groups excluding carboxylic acids is 1. The van der Waals surface area contributed by atoms with Gasteiger partial charge in [0.25, 0.3) is 0 Å². The van der Waals surface area contributed by atoms with Crippen molar-refractivity contribution in [2.24, 2.45) is 0 Å². The first-order chi connectivity index (χ1) is 11.8. The van der Waals surface area contributed by atoms with Gasteiger partial charge in [-0.1, -0.05) is 11.6 Å². The summed E-state index contributed by atoms with van der Waals surface area (Å²) in [5, 5.41) is 0.425. The van der Waals surface area contributed by atoms with E-state index < -0.39 is 16.1 Å². The summed E-state index contributed by atoms with van der Waals surface area (Å²) in [7, 11) is -3.83. The van der Waals surface area contributed by atoms with Gasteiger partial charge in [-0.25, -0.2) is 12.8 Å². The molecule has 1 atom stereocenters. The molecule has 2 aromatic carbocycles. The SMILES string of the molecule is Cc1cc(N2CC[C@@H](NS(=O)(=O)c3ccc(Cl)cc3)C2=O)ccc1F. The van der Waals surface area contributed by atoms with E-state index in [-0.39, 0.29) is 16.6 Å². The van der Waals surface area contributed by atoms with Crippen molar-refractivity contribution in [2.45, 2.75) is 24.3 Å². The first kappa shape index (κ1) is 17.8. The second kappa shape index (κ2) is 6.74. The maximum Gasteiger partial charge on any atom is 0.245 e. The molecule has 5 nitrogen and oxygen atoms in total. The zero-order valence-electron chi connectivity index (χ0n) is 13.4. The van der Waals surface area contributed by atoms with Crippen molar-refractivity contribution in [1.82, 2.24) is 4.72 Å². The number of carbonyl (C=O) groups is 1. The summed E-state index contributed by atoms with van der Waals surface area (Å²) < 4.78 is 40.6. The van der Waals surface area contributed by atoms with E-state index in [1.54, 1.807) is 13.0 Å². The predicted molar refractivity (Wildman–Crippen MR) is 93.7 cm³/mol. The zero-order chi connectivity index (χ0) is 18.2. The third-order valence-electron chi connectivity index (χ3n) is 4.08. The molecule has 0 radical (unpaired) electrons. The minimum absolute atomic E-state index is 0.0424. The number of nitrogens with one attached hydrogen (secondary N) is 1. The summed E-state index contributed by atoms with van der Waals surface area (Å²) in [5.74, 6) is -0.709. The number of hydrogen-bond acceptors (Lipinski definition) is 3. The van der Waals surface area contributed by atoms with Crippen LogP contribution in [0, 0.1) is 12.7 Å². The number of sulfonamides is 1. The van der Waals surface area contributed by atoms with Gasteiger partial charge in [-0.2, -0.15) is 4.72 Å². The van der Waals surface area contributed by atoms with Crippen LogP contribution in [-0.2, 0) is 14.8 Å². The standard InChI is InChI=1S/C17H16ClFN2O3S/c1-11-10-13(4-7-15(11)19)21-9-8-16(17(21)22)20-25(23,24)14-5-2-12(18)3-6-14/h2-7,10,16,20H,8-9H2,1H3/t16-/m1/s1. The van der Waals surface area contributed by atoms with Crippen molar-refractivity contribution in [3.8, 4) is 0 Å². The molecule has 1 aliphatic rings. The third-order valence-corrected chi connectivity index (χ3v) is 5.82. The second-order valence-electron chi connectivity index (χ2n) is 5.84. The van der Waals surface area contributed by atoms with E-state index in [4.69, 9.17) is 11.6 Å². The van der Waals surface area contributed by atoms with Gasteiger partial charge in [0.05, 0.1) is 4.90 Å². The lowest BCUT2D eigenvalue weighted by atomic mass is 10.2. The summed E-state index contributed by atoms with van der Waals surface area (Å²) >= 11 is 5.76. The Kier molecular flexibility index (Phi) is 4.81. The van der Waals surface area contributed by atoms with Crippen molar-refractivity contribution in [2.75, 3.05) is 11.4 Å². The van der Waals surface area contributed by atoms with Gasteiger partial charge in [-0.05, 0) is 61.4 Å². The molecule has 2 aromatic rings. The number of anilines is 1. The number of hydrogen-bond donors (Lipinski definition) is 1. The Morgan fingerprint density at radius 3 is 2.52 bits per heavy atom. The van der Waals surface area contributed by atoms with E-state index in [2.05, 4.69) is 4.72 Å². The molecule has 8 heteroatoms. The molecule has 1 N–H and O–H groups in total. The fourth-order valence-corrected chi connectivity index (χ4v) is 4.06. The molecule has 0 aromatic heterocycles. The van der Waals surface area contributed by atoms with Crippen molar-refractivity contribution in [3.63, 3.8) is 0 Å². The molecule has 0 unspecified atom stereocenters. The Labute approximate surface area is 150 Å². The van der Waals surface area contributed by atoms with Crippen LogP contribution >= 0.6 is 11.6 Å². The average Bonchev–Trinajstić information content (AvgIpc) is 2.91. The Morgan fingerprint density at radius 1 is 1.20 bits per heavy atom. The summed E-state index contributed by atoms with van der Waals surface area (Å²) in [6.45, 7) is 1.97. The van der Waals surface area contributed by atoms with Crippen LogP contribution in [0.25, 0.3) is 0 Å². The second-order valence-corrected chi connectivity index (χ2v) is 7.99. The number of nitrogens with zero attached hydrogens (tertiary/aromatic N) is 1. The zero-order valence-corrected chi connectivity index (χ0v) is 14.9. The van der Waals surface area contributed by atoms with Gasteiger partial charge < -0.3 is 4.90 Å². The summed E-state index contributed by atoms with van der Waals surface area (Å²) in [5.41, 5.74) is 0.979. The van der Waals surface area contributed by atoms with E-state index in [0.29, 0.717) is 29.2 Å². The molecule has 1 saturated heterocycles. The monoisotopic (exact) mass is 382 g/mol. The summed E-state index contributed by atoms with van der Waals surface area (Å²) in [4.78, 5) is 14.1. The van der Waals surface area contributed by atoms with Gasteiger partial charge in [-0.3, -0.25) is 4.79 Å². The molecular formula is C17H16ClFN2O3S. The largest absolute Gasteiger partial charge is 0.311 e. The Balaban J connectivity index is 1.77. The highest BCUT2D eigenvalue weighted by Gasteiger charge is 2.35. The molecule has 1 heterocycles. The fraction of sp³-hybridized carbons (Fsp3) is 0.235. The average molecular weight is 383 g/mol. The van der Waals surface area contributed by atoms with Crippen LogP contribution in [0.5, 0.6) is 0 Å². The number of amides is 1. The predicted octanol–water partition coefficient (Wildman–Crippen LogP) is 2.87. The van der Waals surface area contributed by atoms with E-state index in [9.17, 15) is 17.6 Å². The summed E-state index contributed by atoms with van der Waals surface area (Å²) in [6, 6.07) is 9.23. The quantitative estimate of drug-likeness (QED) is 0.884. The minimum Gasteiger partial charge on any atom is -0.311 e. The van der Waals surface area contributed by atoms with Crippen LogP contribution in [0.4, 0.5) is 10.1 Å². The molecule has 1 aliphatic heterocycles. The van der Waals surface area contributed by atoms with Crippen LogP contribution < -0.4 is 9.62 Å². The Hall–Kier alpha value is -1.96. The van der Waals surface area contributed by atoms with E-state index in [1.165, 1.54) is 41.3 Å². The molecule has 25 heavy (non-hydrogen) atoms. The van der Waals surface area contributed by atoms with Crippen molar-refractivity contribution in [1.29, 1.82) is 0 Å². The van der Waals surface area contributed by atoms with Crippen molar-refractivity contribution in [3.05, 3.63) is 58.9 Å². The number of benzene rings is 2. The lowest BCUT2D eigenvalue weighted by Gasteiger charge is -2.18. The Bertz CT molecular complexity index is 916.